The van der Waals surface area contributed by atoms with Crippen LogP contribution in [0.1, 0.15) is 31.4 Å². The fourth-order valence-corrected chi connectivity index (χ4v) is 1.87. The molecule has 0 radical (unpaired) electrons. The molecule has 2 rings (SSSR count). The lowest BCUT2D eigenvalue weighted by Gasteiger charge is -2.35. The first-order chi connectivity index (χ1) is 6.83. The Bertz CT molecular complexity index is 318. The van der Waals surface area contributed by atoms with E-state index in [1.165, 1.54) is 0 Å². The Morgan fingerprint density at radius 3 is 2.57 bits per heavy atom. The second-order valence-corrected chi connectivity index (χ2v) is 3.66. The maximum absolute atomic E-state index is 11.2. The molecule has 1 aliphatic heterocycles. The molecule has 0 N–H and O–H groups in total. The Morgan fingerprint density at radius 1 is 1.29 bits per heavy atom. The first kappa shape index (κ1) is 9.25. The van der Waals surface area contributed by atoms with Crippen molar-refractivity contribution in [2.24, 2.45) is 5.92 Å². The van der Waals surface area contributed by atoms with Crippen LogP contribution < -0.4 is 0 Å². The molecule has 0 aliphatic carbocycles. The van der Waals surface area contributed by atoms with E-state index in [2.05, 4.69) is 6.92 Å². The van der Waals surface area contributed by atoms with Crippen LogP contribution in [-0.2, 0) is 9.53 Å². The summed E-state index contributed by atoms with van der Waals surface area (Å²) in [6.45, 7) is 2.09. The molecule has 1 aliphatic rings. The molecule has 74 valence electrons. The molecule has 1 aromatic rings. The quantitative estimate of drug-likeness (QED) is 0.685. The normalized spacial score (nSPS) is 25.4. The third-order valence-corrected chi connectivity index (χ3v) is 2.64. The van der Waals surface area contributed by atoms with Crippen LogP contribution in [0.2, 0.25) is 0 Å². The number of cyclic esters (lactones) is 1. The van der Waals surface area contributed by atoms with Crippen LogP contribution in [0.5, 0.6) is 0 Å². The Labute approximate surface area is 83.9 Å². The summed E-state index contributed by atoms with van der Waals surface area (Å²) in [6.07, 6.45) is 1.96. The highest BCUT2D eigenvalue weighted by Crippen LogP contribution is 2.39. The van der Waals surface area contributed by atoms with Crippen molar-refractivity contribution in [3.8, 4) is 0 Å². The summed E-state index contributed by atoms with van der Waals surface area (Å²) in [4.78, 5) is 11.2. The van der Waals surface area contributed by atoms with E-state index in [0.717, 1.165) is 18.4 Å². The van der Waals surface area contributed by atoms with Gasteiger partial charge in [-0.05, 0) is 12.0 Å². The fraction of sp³-hybridized carbons (Fsp3) is 0.417. The van der Waals surface area contributed by atoms with Crippen molar-refractivity contribution in [1.29, 1.82) is 0 Å². The number of hydrogen-bond acceptors (Lipinski definition) is 2. The largest absolute Gasteiger partial charge is 0.456 e. The van der Waals surface area contributed by atoms with Crippen LogP contribution in [0, 0.1) is 5.92 Å². The molecule has 0 unspecified atom stereocenters. The zero-order valence-electron chi connectivity index (χ0n) is 8.27. The Balaban J connectivity index is 2.10. The summed E-state index contributed by atoms with van der Waals surface area (Å²) >= 11 is 0. The van der Waals surface area contributed by atoms with Gasteiger partial charge in [0.05, 0.1) is 5.92 Å². The van der Waals surface area contributed by atoms with Crippen LogP contribution in [0.15, 0.2) is 30.3 Å². The minimum atomic E-state index is -0.0410. The number of carbonyl (C=O) groups excluding carboxylic acids is 1. The molecule has 2 nitrogen and oxygen atoms in total. The SMILES string of the molecule is CCC[C@H]1C(=O)O[C@@H]1c1ccccc1. The molecule has 0 amide bonds. The van der Waals surface area contributed by atoms with E-state index < -0.39 is 0 Å². The molecule has 1 fully saturated rings. The molecule has 0 bridgehead atoms. The number of hydrogen-bond donors (Lipinski definition) is 0. The number of esters is 1. The van der Waals surface area contributed by atoms with Crippen molar-refractivity contribution in [3.63, 3.8) is 0 Å². The Kier molecular flexibility index (Phi) is 2.53. The zero-order chi connectivity index (χ0) is 9.97. The van der Waals surface area contributed by atoms with E-state index in [4.69, 9.17) is 4.74 Å². The van der Waals surface area contributed by atoms with Crippen molar-refractivity contribution in [2.45, 2.75) is 25.9 Å². The van der Waals surface area contributed by atoms with Gasteiger partial charge >= 0.3 is 5.97 Å². The molecular formula is C12H14O2. The summed E-state index contributed by atoms with van der Waals surface area (Å²) in [5.41, 5.74) is 1.12. The predicted octanol–water partition coefficient (Wildman–Crippen LogP) is 2.70. The number of benzene rings is 1. The second-order valence-electron chi connectivity index (χ2n) is 3.66. The number of ether oxygens (including phenoxy) is 1. The standard InChI is InChI=1S/C12H14O2/c1-2-6-10-11(14-12(10)13)9-7-4-3-5-8-9/h3-5,7-8,10-11H,2,6H2,1H3/t10-,11-/m1/s1. The van der Waals surface area contributed by atoms with E-state index in [1.54, 1.807) is 0 Å². The zero-order valence-corrected chi connectivity index (χ0v) is 8.27. The Hall–Kier alpha value is -1.31. The van der Waals surface area contributed by atoms with Crippen molar-refractivity contribution >= 4 is 5.97 Å². The maximum atomic E-state index is 11.2. The van der Waals surface area contributed by atoms with E-state index in [0.29, 0.717) is 0 Å². The van der Waals surface area contributed by atoms with Gasteiger partial charge in [0.1, 0.15) is 6.10 Å². The Morgan fingerprint density at radius 2 is 2.00 bits per heavy atom. The first-order valence-corrected chi connectivity index (χ1v) is 5.08. The molecule has 14 heavy (non-hydrogen) atoms. The highest BCUT2D eigenvalue weighted by Gasteiger charge is 2.42. The van der Waals surface area contributed by atoms with E-state index in [9.17, 15) is 4.79 Å². The summed E-state index contributed by atoms with van der Waals surface area (Å²) in [5, 5.41) is 0. The smallest absolute Gasteiger partial charge is 0.313 e. The van der Waals surface area contributed by atoms with Gasteiger partial charge in [0.25, 0.3) is 0 Å². The minimum absolute atomic E-state index is 0.00338. The molecule has 1 aromatic carbocycles. The van der Waals surface area contributed by atoms with Crippen LogP contribution in [0.25, 0.3) is 0 Å². The lowest BCUT2D eigenvalue weighted by atomic mass is 9.87. The average Bonchev–Trinajstić information content (AvgIpc) is 2.24. The van der Waals surface area contributed by atoms with Crippen LogP contribution in [0.4, 0.5) is 0 Å². The van der Waals surface area contributed by atoms with Crippen LogP contribution in [-0.4, -0.2) is 5.97 Å². The monoisotopic (exact) mass is 190 g/mol. The molecule has 0 saturated carbocycles. The molecule has 1 saturated heterocycles. The second kappa shape index (κ2) is 3.82. The van der Waals surface area contributed by atoms with Gasteiger partial charge in [-0.1, -0.05) is 43.7 Å². The molecular weight excluding hydrogens is 176 g/mol. The lowest BCUT2D eigenvalue weighted by Crippen LogP contribution is -2.38. The van der Waals surface area contributed by atoms with Gasteiger partial charge in [-0.25, -0.2) is 0 Å². The predicted molar refractivity (Wildman–Crippen MR) is 53.7 cm³/mol. The topological polar surface area (TPSA) is 26.3 Å². The highest BCUT2D eigenvalue weighted by molar-refractivity contribution is 5.79. The van der Waals surface area contributed by atoms with Gasteiger partial charge in [0.15, 0.2) is 0 Å². The summed E-state index contributed by atoms with van der Waals surface area (Å²) in [7, 11) is 0. The average molecular weight is 190 g/mol. The van der Waals surface area contributed by atoms with Gasteiger partial charge in [-0.2, -0.15) is 0 Å². The van der Waals surface area contributed by atoms with Crippen LogP contribution in [0.3, 0.4) is 0 Å². The first-order valence-electron chi connectivity index (χ1n) is 5.08. The van der Waals surface area contributed by atoms with Gasteiger partial charge in [-0.3, -0.25) is 4.79 Å². The van der Waals surface area contributed by atoms with Gasteiger partial charge < -0.3 is 4.74 Å². The molecule has 1 heterocycles. The van der Waals surface area contributed by atoms with Crippen molar-refractivity contribution in [2.75, 3.05) is 0 Å². The summed E-state index contributed by atoms with van der Waals surface area (Å²) in [5.74, 6) is 0.0445. The van der Waals surface area contributed by atoms with Crippen molar-refractivity contribution in [3.05, 3.63) is 35.9 Å². The molecule has 0 spiro atoms. The van der Waals surface area contributed by atoms with Gasteiger partial charge in [-0.15, -0.1) is 0 Å². The van der Waals surface area contributed by atoms with E-state index >= 15 is 0 Å². The number of rotatable bonds is 3. The summed E-state index contributed by atoms with van der Waals surface area (Å²) in [6, 6.07) is 9.95. The minimum Gasteiger partial charge on any atom is -0.456 e. The molecule has 2 heteroatoms. The molecule has 2 atom stereocenters. The molecule has 0 aromatic heterocycles. The summed E-state index contributed by atoms with van der Waals surface area (Å²) < 4.78 is 5.15. The van der Waals surface area contributed by atoms with Crippen LogP contribution >= 0.6 is 0 Å². The fourth-order valence-electron chi connectivity index (χ4n) is 1.87. The van der Waals surface area contributed by atoms with Crippen molar-refractivity contribution in [1.82, 2.24) is 0 Å². The third-order valence-electron chi connectivity index (χ3n) is 2.64. The van der Waals surface area contributed by atoms with E-state index in [-0.39, 0.29) is 18.0 Å². The highest BCUT2D eigenvalue weighted by atomic mass is 16.6. The van der Waals surface area contributed by atoms with E-state index in [1.807, 2.05) is 30.3 Å². The maximum Gasteiger partial charge on any atom is 0.313 e. The van der Waals surface area contributed by atoms with Gasteiger partial charge in [0, 0.05) is 0 Å². The lowest BCUT2D eigenvalue weighted by molar-refractivity contribution is -0.186. The van der Waals surface area contributed by atoms with Gasteiger partial charge in [0.2, 0.25) is 0 Å². The third kappa shape index (κ3) is 1.52. The number of carbonyl (C=O) groups is 1. The van der Waals surface area contributed by atoms with Crippen molar-refractivity contribution < 1.29 is 9.53 Å².